The van der Waals surface area contributed by atoms with Crippen LogP contribution in [0.15, 0.2) is 11.8 Å². The van der Waals surface area contributed by atoms with Crippen molar-refractivity contribution in [2.45, 2.75) is 65.1 Å². The van der Waals surface area contributed by atoms with Crippen molar-refractivity contribution in [2.24, 2.45) is 0 Å². The average molecular weight is 339 g/mol. The van der Waals surface area contributed by atoms with Crippen LogP contribution >= 0.6 is 0 Å². The quantitative estimate of drug-likeness (QED) is 0.733. The molecule has 0 aromatic carbocycles. The zero-order chi connectivity index (χ0) is 18.1. The maximum atomic E-state index is 13.0. The smallest absolute Gasteiger partial charge is 0.448 e. The molecule has 0 unspecified atom stereocenters. The van der Waals surface area contributed by atoms with E-state index >= 15 is 0 Å². The van der Waals surface area contributed by atoms with Crippen molar-refractivity contribution in [1.82, 2.24) is 4.90 Å². The second-order valence-corrected chi connectivity index (χ2v) is 6.64. The summed E-state index contributed by atoms with van der Waals surface area (Å²) in [5.41, 5.74) is -1.84. The Morgan fingerprint density at radius 2 is 1.91 bits per heavy atom. The second-order valence-electron chi connectivity index (χ2n) is 6.64. The van der Waals surface area contributed by atoms with Gasteiger partial charge < -0.3 is 14.2 Å². The van der Waals surface area contributed by atoms with Crippen LogP contribution in [0.4, 0.5) is 18.0 Å². The lowest BCUT2D eigenvalue weighted by atomic mass is 10.2. The fourth-order valence-corrected chi connectivity index (χ4v) is 2.18. The van der Waals surface area contributed by atoms with Crippen LogP contribution in [0.3, 0.4) is 0 Å². The molecule has 23 heavy (non-hydrogen) atoms. The molecule has 1 aliphatic heterocycles. The van der Waals surface area contributed by atoms with Gasteiger partial charge in [-0.3, -0.25) is 4.90 Å². The summed E-state index contributed by atoms with van der Waals surface area (Å²) in [5.74, 6) is -1.14. The van der Waals surface area contributed by atoms with Gasteiger partial charge in [-0.15, -0.1) is 0 Å². The Morgan fingerprint density at radius 3 is 2.35 bits per heavy atom. The number of halogens is 3. The summed E-state index contributed by atoms with van der Waals surface area (Å²) in [6.45, 7) is 9.49. The first-order chi connectivity index (χ1) is 10.3. The van der Waals surface area contributed by atoms with Crippen LogP contribution in [0.1, 0.15) is 41.5 Å². The third-order valence-electron chi connectivity index (χ3n) is 3.03. The van der Waals surface area contributed by atoms with Gasteiger partial charge >= 0.3 is 12.3 Å². The average Bonchev–Trinajstić information content (AvgIpc) is 2.60. The molecule has 0 aromatic heterocycles. The van der Waals surface area contributed by atoms with E-state index in [1.807, 2.05) is 0 Å². The molecule has 8 heteroatoms. The number of hydrogen-bond donors (Lipinski definition) is 0. The third kappa shape index (κ3) is 5.30. The van der Waals surface area contributed by atoms with Crippen LogP contribution in [0, 0.1) is 0 Å². The second kappa shape index (κ2) is 6.59. The maximum absolute atomic E-state index is 13.0. The summed E-state index contributed by atoms with van der Waals surface area (Å²) in [7, 11) is 0. The molecule has 1 rings (SSSR count). The van der Waals surface area contributed by atoms with Crippen molar-refractivity contribution in [3.05, 3.63) is 11.8 Å². The number of amides is 1. The fourth-order valence-electron chi connectivity index (χ4n) is 2.18. The molecule has 0 spiro atoms. The van der Waals surface area contributed by atoms with Gasteiger partial charge in [-0.1, -0.05) is 0 Å². The summed E-state index contributed by atoms with van der Waals surface area (Å²) in [6, 6.07) is -0.928. The first-order valence-electron chi connectivity index (χ1n) is 7.36. The number of hydrogen-bond acceptors (Lipinski definition) is 4. The van der Waals surface area contributed by atoms with E-state index in [9.17, 15) is 18.0 Å². The molecule has 1 atom stereocenters. The summed E-state index contributed by atoms with van der Waals surface area (Å²) >= 11 is 0. The van der Waals surface area contributed by atoms with Gasteiger partial charge in [0.2, 0.25) is 0 Å². The SMILES string of the molecule is CCO/C(=C/[C@@H]1COC(C)(C)N1C(=O)OC(C)(C)C)C(F)(F)F. The monoisotopic (exact) mass is 339 g/mol. The van der Waals surface area contributed by atoms with Crippen LogP contribution in [0.25, 0.3) is 0 Å². The lowest BCUT2D eigenvalue weighted by molar-refractivity contribution is -0.131. The number of carbonyl (C=O) groups is 1. The zero-order valence-corrected chi connectivity index (χ0v) is 14.3. The Morgan fingerprint density at radius 1 is 1.35 bits per heavy atom. The molecule has 134 valence electrons. The van der Waals surface area contributed by atoms with Gasteiger partial charge in [-0.05, 0) is 47.6 Å². The third-order valence-corrected chi connectivity index (χ3v) is 3.03. The molecule has 1 amide bonds. The largest absolute Gasteiger partial charge is 0.489 e. The highest BCUT2D eigenvalue weighted by Crippen LogP contribution is 2.33. The van der Waals surface area contributed by atoms with Crippen LogP contribution in [-0.2, 0) is 14.2 Å². The van der Waals surface area contributed by atoms with Crippen LogP contribution in [-0.4, -0.2) is 47.8 Å². The van der Waals surface area contributed by atoms with Gasteiger partial charge in [0.25, 0.3) is 0 Å². The van der Waals surface area contributed by atoms with Crippen molar-refractivity contribution < 1.29 is 32.2 Å². The predicted molar refractivity (Wildman–Crippen MR) is 77.7 cm³/mol. The van der Waals surface area contributed by atoms with Gasteiger partial charge in [0.05, 0.1) is 19.3 Å². The predicted octanol–water partition coefficient (Wildman–Crippen LogP) is 3.84. The first-order valence-corrected chi connectivity index (χ1v) is 7.36. The molecule has 1 aliphatic rings. The van der Waals surface area contributed by atoms with E-state index in [0.717, 1.165) is 11.0 Å². The van der Waals surface area contributed by atoms with Crippen molar-refractivity contribution in [1.29, 1.82) is 0 Å². The van der Waals surface area contributed by atoms with Crippen molar-refractivity contribution in [3.63, 3.8) is 0 Å². The summed E-state index contributed by atoms with van der Waals surface area (Å²) in [4.78, 5) is 13.5. The number of rotatable bonds is 3. The van der Waals surface area contributed by atoms with E-state index in [1.54, 1.807) is 34.6 Å². The van der Waals surface area contributed by atoms with Crippen molar-refractivity contribution in [3.8, 4) is 0 Å². The Labute approximate surface area is 134 Å². The molecule has 0 bridgehead atoms. The molecule has 0 radical (unpaired) electrons. The Bertz CT molecular complexity index is 466. The molecule has 1 fully saturated rings. The Hall–Kier alpha value is -1.44. The fraction of sp³-hybridized carbons (Fsp3) is 0.800. The summed E-state index contributed by atoms with van der Waals surface area (Å²) in [6.07, 6.45) is -4.51. The minimum atomic E-state index is -4.64. The molecule has 1 saturated heterocycles. The van der Waals surface area contributed by atoms with Gasteiger partial charge in [0.15, 0.2) is 5.76 Å². The van der Waals surface area contributed by atoms with E-state index in [1.165, 1.54) is 6.92 Å². The lowest BCUT2D eigenvalue weighted by Gasteiger charge is -2.34. The highest BCUT2D eigenvalue weighted by molar-refractivity contribution is 5.70. The van der Waals surface area contributed by atoms with Crippen molar-refractivity contribution >= 4 is 6.09 Å². The van der Waals surface area contributed by atoms with E-state index < -0.39 is 35.4 Å². The molecule has 0 aliphatic carbocycles. The Kier molecular flexibility index (Phi) is 5.61. The molecular weight excluding hydrogens is 315 g/mol. The molecular formula is C15H24F3NO4. The Balaban J connectivity index is 3.11. The molecule has 0 saturated carbocycles. The van der Waals surface area contributed by atoms with Crippen LogP contribution < -0.4 is 0 Å². The molecule has 0 aromatic rings. The number of ether oxygens (including phenoxy) is 3. The number of allylic oxidation sites excluding steroid dienone is 1. The van der Waals surface area contributed by atoms with E-state index in [0.29, 0.717) is 0 Å². The lowest BCUT2D eigenvalue weighted by Crippen LogP contribution is -2.49. The topological polar surface area (TPSA) is 48.0 Å². The standard InChI is InChI=1S/C15H24F3NO4/c1-7-21-11(15(16,17)18)8-10-9-22-14(5,6)19(10)12(20)23-13(2,3)4/h8,10H,7,9H2,1-6H3/b11-8+/t10-/m1/s1. The van der Waals surface area contributed by atoms with Crippen LogP contribution in [0.2, 0.25) is 0 Å². The minimum Gasteiger partial charge on any atom is -0.489 e. The van der Waals surface area contributed by atoms with Gasteiger partial charge in [0, 0.05) is 0 Å². The van der Waals surface area contributed by atoms with E-state index in [4.69, 9.17) is 9.47 Å². The highest BCUT2D eigenvalue weighted by Gasteiger charge is 2.47. The van der Waals surface area contributed by atoms with E-state index in [2.05, 4.69) is 4.74 Å². The normalized spacial score (nSPS) is 22.2. The summed E-state index contributed by atoms with van der Waals surface area (Å²) in [5, 5.41) is 0. The molecule has 1 heterocycles. The minimum absolute atomic E-state index is 0.0705. The van der Waals surface area contributed by atoms with E-state index in [-0.39, 0.29) is 13.2 Å². The highest BCUT2D eigenvalue weighted by atomic mass is 19.4. The van der Waals surface area contributed by atoms with Gasteiger partial charge in [-0.25, -0.2) is 4.79 Å². The molecule has 0 N–H and O–H groups in total. The number of nitrogens with zero attached hydrogens (tertiary/aromatic N) is 1. The van der Waals surface area contributed by atoms with Crippen molar-refractivity contribution in [2.75, 3.05) is 13.2 Å². The van der Waals surface area contributed by atoms with Gasteiger partial charge in [-0.2, -0.15) is 13.2 Å². The maximum Gasteiger partial charge on any atom is 0.448 e. The molecule has 5 nitrogen and oxygen atoms in total. The zero-order valence-electron chi connectivity index (χ0n) is 14.3. The van der Waals surface area contributed by atoms with Gasteiger partial charge in [0.1, 0.15) is 11.3 Å². The first kappa shape index (κ1) is 19.6. The number of carbonyl (C=O) groups excluding carboxylic acids is 1. The number of alkyl halides is 3. The summed E-state index contributed by atoms with van der Waals surface area (Å²) < 4.78 is 54.3. The van der Waals surface area contributed by atoms with Crippen LogP contribution in [0.5, 0.6) is 0 Å².